The SMILES string of the molecule is CC(C)c1cccc(N2CCC(=O)NC(C)(C)C2=O)c1. The van der Waals surface area contributed by atoms with Crippen LogP contribution in [-0.2, 0) is 9.59 Å². The summed E-state index contributed by atoms with van der Waals surface area (Å²) in [6, 6.07) is 7.99. The first-order chi connectivity index (χ1) is 9.31. The van der Waals surface area contributed by atoms with Gasteiger partial charge in [-0.1, -0.05) is 26.0 Å². The van der Waals surface area contributed by atoms with Crippen molar-refractivity contribution >= 4 is 17.5 Å². The Labute approximate surface area is 120 Å². The van der Waals surface area contributed by atoms with Crippen LogP contribution in [0.3, 0.4) is 0 Å². The molecule has 0 atom stereocenters. The van der Waals surface area contributed by atoms with Crippen LogP contribution in [-0.4, -0.2) is 23.9 Å². The number of benzene rings is 1. The van der Waals surface area contributed by atoms with Crippen molar-refractivity contribution in [2.45, 2.75) is 45.6 Å². The Kier molecular flexibility index (Phi) is 3.84. The lowest BCUT2D eigenvalue weighted by Crippen LogP contribution is -2.53. The van der Waals surface area contributed by atoms with Gasteiger partial charge in [0, 0.05) is 18.7 Å². The second-order valence-electron chi connectivity index (χ2n) is 6.13. The van der Waals surface area contributed by atoms with Crippen LogP contribution in [0.1, 0.15) is 45.6 Å². The lowest BCUT2D eigenvalue weighted by atomic mass is 10.0. The standard InChI is InChI=1S/C16H22N2O2/c1-11(2)12-6-5-7-13(10-12)18-9-8-14(19)17-16(3,4)15(18)20/h5-7,10-11H,8-9H2,1-4H3,(H,17,19). The van der Waals surface area contributed by atoms with Gasteiger partial charge in [-0.3, -0.25) is 9.59 Å². The van der Waals surface area contributed by atoms with Crippen LogP contribution >= 0.6 is 0 Å². The van der Waals surface area contributed by atoms with Crippen molar-refractivity contribution in [1.29, 1.82) is 0 Å². The van der Waals surface area contributed by atoms with Crippen molar-refractivity contribution in [3.8, 4) is 0 Å². The van der Waals surface area contributed by atoms with Crippen LogP contribution in [0.2, 0.25) is 0 Å². The minimum absolute atomic E-state index is 0.0655. The summed E-state index contributed by atoms with van der Waals surface area (Å²) in [5, 5.41) is 2.77. The van der Waals surface area contributed by atoms with E-state index in [1.807, 2.05) is 18.2 Å². The zero-order valence-electron chi connectivity index (χ0n) is 12.6. The minimum Gasteiger partial charge on any atom is -0.342 e. The number of carbonyl (C=O) groups is 2. The molecule has 2 rings (SSSR count). The molecule has 1 aliphatic heterocycles. The molecular formula is C16H22N2O2. The van der Waals surface area contributed by atoms with E-state index in [4.69, 9.17) is 0 Å². The first-order valence-corrected chi connectivity index (χ1v) is 7.04. The van der Waals surface area contributed by atoms with E-state index in [9.17, 15) is 9.59 Å². The summed E-state index contributed by atoms with van der Waals surface area (Å²) in [5.41, 5.74) is 1.20. The molecule has 1 aromatic carbocycles. The van der Waals surface area contributed by atoms with Crippen molar-refractivity contribution in [1.82, 2.24) is 5.32 Å². The van der Waals surface area contributed by atoms with Crippen LogP contribution in [0.5, 0.6) is 0 Å². The molecule has 0 radical (unpaired) electrons. The molecule has 1 heterocycles. The maximum Gasteiger partial charge on any atom is 0.252 e. The van der Waals surface area contributed by atoms with Crippen LogP contribution in [0.25, 0.3) is 0 Å². The Morgan fingerprint density at radius 1 is 1.25 bits per heavy atom. The highest BCUT2D eigenvalue weighted by Crippen LogP contribution is 2.25. The molecule has 0 aromatic heterocycles. The number of hydrogen-bond donors (Lipinski definition) is 1. The van der Waals surface area contributed by atoms with Gasteiger partial charge in [-0.25, -0.2) is 0 Å². The Bertz CT molecular complexity index is 535. The Hall–Kier alpha value is -1.84. The molecule has 1 aromatic rings. The Morgan fingerprint density at radius 2 is 1.95 bits per heavy atom. The highest BCUT2D eigenvalue weighted by atomic mass is 16.2. The minimum atomic E-state index is -0.860. The topological polar surface area (TPSA) is 49.4 Å². The van der Waals surface area contributed by atoms with E-state index in [2.05, 4.69) is 25.2 Å². The number of nitrogens with one attached hydrogen (secondary N) is 1. The first kappa shape index (κ1) is 14.6. The monoisotopic (exact) mass is 274 g/mol. The van der Waals surface area contributed by atoms with Gasteiger partial charge in [0.15, 0.2) is 0 Å². The average Bonchev–Trinajstić information content (AvgIpc) is 2.47. The molecule has 0 saturated carbocycles. The summed E-state index contributed by atoms with van der Waals surface area (Å²) in [7, 11) is 0. The summed E-state index contributed by atoms with van der Waals surface area (Å²) >= 11 is 0. The molecular weight excluding hydrogens is 252 g/mol. The predicted molar refractivity (Wildman–Crippen MR) is 79.7 cm³/mol. The highest BCUT2D eigenvalue weighted by molar-refractivity contribution is 6.03. The molecule has 1 fully saturated rings. The van der Waals surface area contributed by atoms with Gasteiger partial charge in [-0.15, -0.1) is 0 Å². The molecule has 0 unspecified atom stereocenters. The van der Waals surface area contributed by atoms with E-state index >= 15 is 0 Å². The molecule has 1 N–H and O–H groups in total. The zero-order valence-corrected chi connectivity index (χ0v) is 12.6. The molecule has 4 heteroatoms. The zero-order chi connectivity index (χ0) is 14.9. The second kappa shape index (κ2) is 5.27. The number of carbonyl (C=O) groups excluding carboxylic acids is 2. The van der Waals surface area contributed by atoms with E-state index in [1.54, 1.807) is 18.7 Å². The lowest BCUT2D eigenvalue weighted by Gasteiger charge is -2.29. The molecule has 2 amide bonds. The maximum atomic E-state index is 12.6. The molecule has 0 bridgehead atoms. The van der Waals surface area contributed by atoms with Crippen LogP contribution in [0.4, 0.5) is 5.69 Å². The van der Waals surface area contributed by atoms with E-state index < -0.39 is 5.54 Å². The predicted octanol–water partition coefficient (Wildman–Crippen LogP) is 2.44. The van der Waals surface area contributed by atoms with Gasteiger partial charge in [0.05, 0.1) is 0 Å². The van der Waals surface area contributed by atoms with Gasteiger partial charge >= 0.3 is 0 Å². The van der Waals surface area contributed by atoms with E-state index in [1.165, 1.54) is 5.56 Å². The fourth-order valence-electron chi connectivity index (χ4n) is 2.41. The van der Waals surface area contributed by atoms with Crippen LogP contribution < -0.4 is 10.2 Å². The number of amides is 2. The third kappa shape index (κ3) is 2.84. The van der Waals surface area contributed by atoms with Crippen molar-refractivity contribution in [2.24, 2.45) is 0 Å². The number of hydrogen-bond acceptors (Lipinski definition) is 2. The van der Waals surface area contributed by atoms with Gasteiger partial charge in [0.2, 0.25) is 5.91 Å². The fourth-order valence-corrected chi connectivity index (χ4v) is 2.41. The molecule has 0 aliphatic carbocycles. The second-order valence-corrected chi connectivity index (χ2v) is 6.13. The van der Waals surface area contributed by atoms with E-state index in [0.717, 1.165) is 5.69 Å². The van der Waals surface area contributed by atoms with Gasteiger partial charge in [0.25, 0.3) is 5.91 Å². The molecule has 1 aliphatic rings. The average molecular weight is 274 g/mol. The van der Waals surface area contributed by atoms with E-state index in [0.29, 0.717) is 18.9 Å². The fraction of sp³-hybridized carbons (Fsp3) is 0.500. The van der Waals surface area contributed by atoms with Crippen LogP contribution in [0, 0.1) is 0 Å². The molecule has 0 spiro atoms. The highest BCUT2D eigenvalue weighted by Gasteiger charge is 2.37. The van der Waals surface area contributed by atoms with Gasteiger partial charge < -0.3 is 10.2 Å². The molecule has 4 nitrogen and oxygen atoms in total. The largest absolute Gasteiger partial charge is 0.342 e. The summed E-state index contributed by atoms with van der Waals surface area (Å²) in [6.45, 7) is 8.17. The number of rotatable bonds is 2. The molecule has 1 saturated heterocycles. The normalized spacial score (nSPS) is 18.9. The van der Waals surface area contributed by atoms with Crippen LogP contribution in [0.15, 0.2) is 24.3 Å². The quantitative estimate of drug-likeness (QED) is 0.900. The van der Waals surface area contributed by atoms with Crippen molar-refractivity contribution in [3.05, 3.63) is 29.8 Å². The Balaban J connectivity index is 2.37. The summed E-state index contributed by atoms with van der Waals surface area (Å²) in [6.07, 6.45) is 0.334. The third-order valence-electron chi connectivity index (χ3n) is 3.64. The smallest absolute Gasteiger partial charge is 0.252 e. The third-order valence-corrected chi connectivity index (χ3v) is 3.64. The summed E-state index contributed by atoms with van der Waals surface area (Å²) in [4.78, 5) is 26.0. The lowest BCUT2D eigenvalue weighted by molar-refractivity contribution is -0.128. The van der Waals surface area contributed by atoms with Crippen molar-refractivity contribution < 1.29 is 9.59 Å². The Morgan fingerprint density at radius 3 is 2.60 bits per heavy atom. The maximum absolute atomic E-state index is 12.6. The van der Waals surface area contributed by atoms with Gasteiger partial charge in [-0.05, 0) is 37.5 Å². The number of nitrogens with zero attached hydrogens (tertiary/aromatic N) is 1. The molecule has 20 heavy (non-hydrogen) atoms. The van der Waals surface area contributed by atoms with Gasteiger partial charge in [-0.2, -0.15) is 0 Å². The van der Waals surface area contributed by atoms with Gasteiger partial charge in [0.1, 0.15) is 5.54 Å². The van der Waals surface area contributed by atoms with E-state index in [-0.39, 0.29) is 11.8 Å². The van der Waals surface area contributed by atoms with Crippen molar-refractivity contribution in [2.75, 3.05) is 11.4 Å². The number of anilines is 1. The summed E-state index contributed by atoms with van der Waals surface area (Å²) in [5.74, 6) is 0.264. The van der Waals surface area contributed by atoms with Crippen molar-refractivity contribution in [3.63, 3.8) is 0 Å². The first-order valence-electron chi connectivity index (χ1n) is 7.04. The molecule has 108 valence electrons. The summed E-state index contributed by atoms with van der Waals surface area (Å²) < 4.78 is 0.